The third-order valence-corrected chi connectivity index (χ3v) is 1.97. The van der Waals surface area contributed by atoms with Gasteiger partial charge in [-0.2, -0.15) is 0 Å². The molecular formula is C11H12BFO2. The molecule has 0 amide bonds. The molecule has 0 aliphatic rings. The Morgan fingerprint density at radius 3 is 2.80 bits per heavy atom. The molecule has 0 saturated heterocycles. The Hall–Kier alpha value is -1.58. The Labute approximate surface area is 89.2 Å². The van der Waals surface area contributed by atoms with Crippen molar-refractivity contribution < 1.29 is 13.9 Å². The lowest BCUT2D eigenvalue weighted by molar-refractivity contribution is 0.112. The van der Waals surface area contributed by atoms with Crippen LogP contribution in [0.3, 0.4) is 0 Å². The molecule has 0 aliphatic heterocycles. The van der Waals surface area contributed by atoms with Gasteiger partial charge in [0.15, 0.2) is 6.29 Å². The predicted octanol–water partition coefficient (Wildman–Crippen LogP) is 1.10. The number of carbonyl (C=O) groups excluding carboxylic acids is 1. The number of halogens is 1. The zero-order valence-electron chi connectivity index (χ0n) is 8.84. The summed E-state index contributed by atoms with van der Waals surface area (Å²) in [6, 6.07) is 3.27. The molecule has 0 spiro atoms. The highest BCUT2D eigenvalue weighted by Gasteiger charge is 2.12. The van der Waals surface area contributed by atoms with Crippen LogP contribution >= 0.6 is 0 Å². The third kappa shape index (κ3) is 2.46. The number of aldehydes is 1. The molecule has 0 bridgehead atoms. The number of benzene rings is 1. The molecule has 1 aromatic carbocycles. The van der Waals surface area contributed by atoms with Gasteiger partial charge in [-0.25, -0.2) is 4.39 Å². The minimum absolute atomic E-state index is 0.249. The lowest BCUT2D eigenvalue weighted by atomic mass is 9.91. The molecule has 4 heteroatoms. The highest BCUT2D eigenvalue weighted by Crippen LogP contribution is 2.28. The van der Waals surface area contributed by atoms with Crippen LogP contribution in [0.15, 0.2) is 18.7 Å². The van der Waals surface area contributed by atoms with Crippen molar-refractivity contribution in [2.45, 2.75) is 6.92 Å². The molecule has 78 valence electrons. The highest BCUT2D eigenvalue weighted by molar-refractivity contribution is 6.33. The first-order valence-electron chi connectivity index (χ1n) is 4.67. The average Bonchev–Trinajstić information content (AvgIpc) is 2.19. The van der Waals surface area contributed by atoms with Crippen LogP contribution in [0.1, 0.15) is 22.8 Å². The van der Waals surface area contributed by atoms with Crippen LogP contribution in [-0.4, -0.2) is 20.7 Å². The molecule has 0 heterocycles. The molecule has 15 heavy (non-hydrogen) atoms. The molecule has 1 rings (SSSR count). The first-order chi connectivity index (χ1) is 7.10. The van der Waals surface area contributed by atoms with Crippen molar-refractivity contribution in [1.82, 2.24) is 0 Å². The minimum atomic E-state index is -0.592. The lowest BCUT2D eigenvalue weighted by Crippen LogP contribution is -2.09. The van der Waals surface area contributed by atoms with Crippen molar-refractivity contribution in [1.29, 1.82) is 0 Å². The van der Waals surface area contributed by atoms with Gasteiger partial charge < -0.3 is 4.74 Å². The fourth-order valence-electron chi connectivity index (χ4n) is 1.40. The van der Waals surface area contributed by atoms with Gasteiger partial charge in [-0.05, 0) is 6.92 Å². The fourth-order valence-corrected chi connectivity index (χ4v) is 1.40. The predicted molar refractivity (Wildman–Crippen MR) is 61.3 cm³/mol. The van der Waals surface area contributed by atoms with E-state index in [1.54, 1.807) is 26.9 Å². The van der Waals surface area contributed by atoms with Gasteiger partial charge in [0.25, 0.3) is 0 Å². The van der Waals surface area contributed by atoms with E-state index in [1.807, 2.05) is 0 Å². The second-order valence-corrected chi connectivity index (χ2v) is 3.19. The monoisotopic (exact) mass is 206 g/mol. The zero-order chi connectivity index (χ0) is 11.4. The van der Waals surface area contributed by atoms with Gasteiger partial charge in [0.05, 0.1) is 17.7 Å². The van der Waals surface area contributed by atoms with E-state index in [1.165, 1.54) is 0 Å². The first-order valence-corrected chi connectivity index (χ1v) is 4.67. The molecule has 0 saturated carbocycles. The second-order valence-electron chi connectivity index (χ2n) is 3.19. The van der Waals surface area contributed by atoms with Crippen molar-refractivity contribution in [2.75, 3.05) is 6.61 Å². The average molecular weight is 206 g/mol. The molecule has 1 aromatic rings. The number of hydrogen-bond acceptors (Lipinski definition) is 2. The Bertz CT molecular complexity index is 402. The van der Waals surface area contributed by atoms with E-state index >= 15 is 0 Å². The lowest BCUT2D eigenvalue weighted by Gasteiger charge is -2.11. The maximum Gasteiger partial charge on any atom is 0.153 e. The molecule has 0 unspecified atom stereocenters. The Morgan fingerprint density at radius 1 is 1.67 bits per heavy atom. The van der Waals surface area contributed by atoms with Crippen molar-refractivity contribution in [3.05, 3.63) is 29.8 Å². The van der Waals surface area contributed by atoms with E-state index in [-0.39, 0.29) is 11.3 Å². The summed E-state index contributed by atoms with van der Waals surface area (Å²) in [6.45, 7) is 5.38. The zero-order valence-corrected chi connectivity index (χ0v) is 8.84. The van der Waals surface area contributed by atoms with Crippen LogP contribution < -0.4 is 10.2 Å². The van der Waals surface area contributed by atoms with Crippen LogP contribution in [0.25, 0.3) is 5.83 Å². The summed E-state index contributed by atoms with van der Waals surface area (Å²) in [7, 11) is 1.79. The van der Waals surface area contributed by atoms with Crippen LogP contribution in [-0.2, 0) is 0 Å². The van der Waals surface area contributed by atoms with Gasteiger partial charge in [0.2, 0.25) is 0 Å². The number of carbonyl (C=O) groups is 1. The standard InChI is InChI=1S/C11H12BFO2/c1-3-15-11-8(6-14)4-9(12)5-10(11)7(2)13/h4-6H,2-3,12H2,1H3. The second kappa shape index (κ2) is 4.78. The summed E-state index contributed by atoms with van der Waals surface area (Å²) in [5, 5.41) is 0. The van der Waals surface area contributed by atoms with Crippen LogP contribution in [0.5, 0.6) is 5.75 Å². The van der Waals surface area contributed by atoms with E-state index in [9.17, 15) is 9.18 Å². The summed E-state index contributed by atoms with van der Waals surface area (Å²) in [4.78, 5) is 10.8. The normalized spacial score (nSPS) is 9.73. The smallest absolute Gasteiger partial charge is 0.153 e. The fraction of sp³-hybridized carbons (Fsp3) is 0.182. The summed E-state index contributed by atoms with van der Waals surface area (Å²) < 4.78 is 18.4. The molecule has 0 aliphatic carbocycles. The Balaban J connectivity index is 3.39. The maximum atomic E-state index is 13.1. The largest absolute Gasteiger partial charge is 0.492 e. The summed E-state index contributed by atoms with van der Waals surface area (Å²) in [6.07, 6.45) is 0.657. The van der Waals surface area contributed by atoms with Gasteiger partial charge in [0, 0.05) is 0 Å². The van der Waals surface area contributed by atoms with Crippen molar-refractivity contribution >= 4 is 25.4 Å². The summed E-state index contributed by atoms with van der Waals surface area (Å²) >= 11 is 0. The van der Waals surface area contributed by atoms with E-state index < -0.39 is 5.83 Å². The van der Waals surface area contributed by atoms with Gasteiger partial charge >= 0.3 is 0 Å². The SMILES string of the molecule is Bc1cc(C=O)c(OCC)c(C(=C)F)c1. The minimum Gasteiger partial charge on any atom is -0.492 e. The maximum absolute atomic E-state index is 13.1. The number of hydrogen-bond donors (Lipinski definition) is 0. The molecule has 2 nitrogen and oxygen atoms in total. The Morgan fingerprint density at radius 2 is 2.33 bits per heavy atom. The molecule has 0 fully saturated rings. The quantitative estimate of drug-likeness (QED) is 0.544. The molecule has 0 atom stereocenters. The number of rotatable bonds is 4. The highest BCUT2D eigenvalue weighted by atomic mass is 19.1. The van der Waals surface area contributed by atoms with Gasteiger partial charge in [-0.15, -0.1) is 0 Å². The Kier molecular flexibility index (Phi) is 3.66. The van der Waals surface area contributed by atoms with Gasteiger partial charge in [-0.1, -0.05) is 24.2 Å². The van der Waals surface area contributed by atoms with Gasteiger partial charge in [-0.3, -0.25) is 4.79 Å². The summed E-state index contributed by atoms with van der Waals surface area (Å²) in [5.74, 6) is -0.323. The molecule has 0 radical (unpaired) electrons. The summed E-state index contributed by atoms with van der Waals surface area (Å²) in [5.41, 5.74) is 1.40. The first kappa shape index (κ1) is 11.5. The number of ether oxygens (including phenoxy) is 1. The van der Waals surface area contributed by atoms with E-state index in [2.05, 4.69) is 6.58 Å². The topological polar surface area (TPSA) is 26.3 Å². The molecule has 0 aromatic heterocycles. The molecular weight excluding hydrogens is 194 g/mol. The van der Waals surface area contributed by atoms with E-state index in [4.69, 9.17) is 4.74 Å². The van der Waals surface area contributed by atoms with Crippen LogP contribution in [0, 0.1) is 0 Å². The van der Waals surface area contributed by atoms with Crippen molar-refractivity contribution in [2.24, 2.45) is 0 Å². The van der Waals surface area contributed by atoms with Crippen molar-refractivity contribution in [3.8, 4) is 5.75 Å². The van der Waals surface area contributed by atoms with Crippen molar-refractivity contribution in [3.63, 3.8) is 0 Å². The van der Waals surface area contributed by atoms with Crippen LogP contribution in [0.4, 0.5) is 4.39 Å². The molecule has 0 N–H and O–H groups in total. The van der Waals surface area contributed by atoms with E-state index in [0.29, 0.717) is 18.5 Å². The van der Waals surface area contributed by atoms with Gasteiger partial charge in [0.1, 0.15) is 19.4 Å². The van der Waals surface area contributed by atoms with Crippen LogP contribution in [0.2, 0.25) is 0 Å². The van der Waals surface area contributed by atoms with E-state index in [0.717, 1.165) is 5.46 Å². The third-order valence-electron chi connectivity index (χ3n) is 1.97.